The van der Waals surface area contributed by atoms with Gasteiger partial charge in [-0.2, -0.15) is 0 Å². The number of nitrogens with two attached hydrogens (primary N) is 1. The van der Waals surface area contributed by atoms with Crippen LogP contribution >= 0.6 is 0 Å². The third kappa shape index (κ3) is 4.83. The Kier molecular flexibility index (Phi) is 6.12. The molecule has 158 valence electrons. The lowest BCUT2D eigenvalue weighted by Crippen LogP contribution is -2.41. The number of hydrogen-bond acceptors (Lipinski definition) is 6. The highest BCUT2D eigenvalue weighted by Crippen LogP contribution is 2.33. The van der Waals surface area contributed by atoms with Gasteiger partial charge in [0.1, 0.15) is 29.5 Å². The van der Waals surface area contributed by atoms with Crippen molar-refractivity contribution >= 4 is 17.5 Å². The van der Waals surface area contributed by atoms with Gasteiger partial charge >= 0.3 is 0 Å². The minimum Gasteiger partial charge on any atom is -0.457 e. The highest BCUT2D eigenvalue weighted by atomic mass is 16.5. The molecule has 2 heterocycles. The third-order valence-corrected chi connectivity index (χ3v) is 5.32. The topological polar surface area (TPSA) is 93.4 Å². The molecule has 0 bridgehead atoms. The van der Waals surface area contributed by atoms with Gasteiger partial charge in [-0.1, -0.05) is 36.9 Å². The number of hydrogen-bond donors (Lipinski definition) is 2. The molecule has 0 aliphatic carbocycles. The maximum Gasteiger partial charge on any atom is 0.245 e. The Labute approximate surface area is 181 Å². The van der Waals surface area contributed by atoms with Gasteiger partial charge in [0.25, 0.3) is 0 Å². The second-order valence-electron chi connectivity index (χ2n) is 7.37. The number of ether oxygens (including phenoxy) is 1. The summed E-state index contributed by atoms with van der Waals surface area (Å²) in [5, 5.41) is 3.49. The van der Waals surface area contributed by atoms with Crippen LogP contribution in [0.1, 0.15) is 12.8 Å². The second kappa shape index (κ2) is 9.30. The lowest BCUT2D eigenvalue weighted by molar-refractivity contribution is -0.126. The van der Waals surface area contributed by atoms with Crippen molar-refractivity contribution in [1.82, 2.24) is 14.9 Å². The molecule has 31 heavy (non-hydrogen) atoms. The normalized spacial score (nSPS) is 14.1. The molecule has 0 radical (unpaired) electrons. The summed E-state index contributed by atoms with van der Waals surface area (Å²) in [5.74, 6) is 2.59. The number of nitrogens with zero attached hydrogens (tertiary/aromatic N) is 3. The van der Waals surface area contributed by atoms with Gasteiger partial charge in [0.15, 0.2) is 0 Å². The minimum atomic E-state index is -0.0248. The molecule has 0 atom stereocenters. The van der Waals surface area contributed by atoms with Gasteiger partial charge < -0.3 is 20.7 Å². The van der Waals surface area contributed by atoms with E-state index in [1.165, 1.54) is 12.4 Å². The van der Waals surface area contributed by atoms with Gasteiger partial charge in [0, 0.05) is 19.1 Å². The van der Waals surface area contributed by atoms with Crippen LogP contribution in [0.5, 0.6) is 11.5 Å². The van der Waals surface area contributed by atoms with Crippen LogP contribution in [0, 0.1) is 0 Å². The maximum atomic E-state index is 11.8. The quantitative estimate of drug-likeness (QED) is 0.589. The standard InChI is InChI=1S/C24H25N5O2/c1-2-21(30)29-14-12-18(13-15-29)28-24-22(23(25)26-16-27-24)17-8-10-20(11-9-17)31-19-6-4-3-5-7-19/h2-11,16,18H,1,12-15H2,(H3,25,26,27,28). The van der Waals surface area contributed by atoms with Gasteiger partial charge in [0.2, 0.25) is 5.91 Å². The number of benzene rings is 2. The molecule has 0 unspecified atom stereocenters. The first-order chi connectivity index (χ1) is 15.1. The second-order valence-corrected chi connectivity index (χ2v) is 7.37. The van der Waals surface area contributed by atoms with Crippen molar-refractivity contribution in [1.29, 1.82) is 0 Å². The maximum absolute atomic E-state index is 11.8. The Morgan fingerprint density at radius 2 is 1.74 bits per heavy atom. The van der Waals surface area contributed by atoms with Gasteiger partial charge in [-0.3, -0.25) is 4.79 Å². The van der Waals surface area contributed by atoms with Crippen molar-refractivity contribution in [2.75, 3.05) is 24.1 Å². The molecule has 4 rings (SSSR count). The average molecular weight is 415 g/mol. The van der Waals surface area contributed by atoms with E-state index in [1.54, 1.807) is 0 Å². The number of anilines is 2. The summed E-state index contributed by atoms with van der Waals surface area (Å²) in [4.78, 5) is 22.2. The largest absolute Gasteiger partial charge is 0.457 e. The van der Waals surface area contributed by atoms with Crippen molar-refractivity contribution in [3.8, 4) is 22.6 Å². The van der Waals surface area contributed by atoms with Crippen LogP contribution in [-0.4, -0.2) is 39.9 Å². The molecule has 1 aromatic heterocycles. The number of piperidine rings is 1. The summed E-state index contributed by atoms with van der Waals surface area (Å²) in [6.45, 7) is 4.93. The Bertz CT molecular complexity index is 1050. The molecular formula is C24H25N5O2. The van der Waals surface area contributed by atoms with E-state index < -0.39 is 0 Å². The van der Waals surface area contributed by atoms with Crippen molar-refractivity contribution < 1.29 is 9.53 Å². The van der Waals surface area contributed by atoms with Crippen LogP contribution in [-0.2, 0) is 4.79 Å². The van der Waals surface area contributed by atoms with Crippen molar-refractivity contribution in [3.05, 3.63) is 73.6 Å². The molecule has 7 heteroatoms. The number of carbonyl (C=O) groups excluding carboxylic acids is 1. The summed E-state index contributed by atoms with van der Waals surface area (Å²) >= 11 is 0. The van der Waals surface area contributed by atoms with Crippen LogP contribution in [0.25, 0.3) is 11.1 Å². The summed E-state index contributed by atoms with van der Waals surface area (Å²) in [5.41, 5.74) is 7.88. The van der Waals surface area contributed by atoms with Crippen LogP contribution in [0.4, 0.5) is 11.6 Å². The Morgan fingerprint density at radius 3 is 2.42 bits per heavy atom. The summed E-state index contributed by atoms with van der Waals surface area (Å²) in [6.07, 6.45) is 4.48. The predicted molar refractivity (Wildman–Crippen MR) is 122 cm³/mol. The molecule has 1 amide bonds. The summed E-state index contributed by atoms with van der Waals surface area (Å²) in [7, 11) is 0. The number of aromatic nitrogens is 2. The van der Waals surface area contributed by atoms with Crippen LogP contribution in [0.15, 0.2) is 73.6 Å². The fraction of sp³-hybridized carbons (Fsp3) is 0.208. The van der Waals surface area contributed by atoms with Crippen molar-refractivity contribution in [2.24, 2.45) is 0 Å². The summed E-state index contributed by atoms with van der Waals surface area (Å²) in [6, 6.07) is 17.5. The van der Waals surface area contributed by atoms with Crippen molar-refractivity contribution in [3.63, 3.8) is 0 Å². The third-order valence-electron chi connectivity index (χ3n) is 5.32. The van der Waals surface area contributed by atoms with Gasteiger partial charge in [0.05, 0.1) is 5.56 Å². The Morgan fingerprint density at radius 1 is 1.06 bits per heavy atom. The number of carbonyl (C=O) groups is 1. The summed E-state index contributed by atoms with van der Waals surface area (Å²) < 4.78 is 5.87. The average Bonchev–Trinajstić information content (AvgIpc) is 2.81. The van der Waals surface area contributed by atoms with Gasteiger partial charge in [-0.25, -0.2) is 9.97 Å². The fourth-order valence-electron chi connectivity index (χ4n) is 3.67. The molecule has 1 aliphatic heterocycles. The van der Waals surface area contributed by atoms with E-state index in [9.17, 15) is 4.79 Å². The zero-order valence-corrected chi connectivity index (χ0v) is 17.2. The number of nitrogen functional groups attached to an aromatic ring is 1. The molecule has 3 N–H and O–H groups in total. The van der Waals surface area contributed by atoms with Crippen molar-refractivity contribution in [2.45, 2.75) is 18.9 Å². The van der Waals surface area contributed by atoms with E-state index in [4.69, 9.17) is 10.5 Å². The van der Waals surface area contributed by atoms with Gasteiger partial charge in [-0.15, -0.1) is 0 Å². The zero-order chi connectivity index (χ0) is 21.6. The number of para-hydroxylation sites is 1. The zero-order valence-electron chi connectivity index (χ0n) is 17.2. The molecule has 0 spiro atoms. The smallest absolute Gasteiger partial charge is 0.245 e. The van der Waals surface area contributed by atoms with E-state index in [0.29, 0.717) is 24.7 Å². The fourth-order valence-corrected chi connectivity index (χ4v) is 3.67. The highest BCUT2D eigenvalue weighted by Gasteiger charge is 2.23. The van der Waals surface area contributed by atoms with Crippen LogP contribution in [0.3, 0.4) is 0 Å². The van der Waals surface area contributed by atoms with E-state index in [-0.39, 0.29) is 11.9 Å². The number of nitrogens with one attached hydrogen (secondary N) is 1. The van der Waals surface area contributed by atoms with E-state index in [0.717, 1.165) is 35.5 Å². The first-order valence-electron chi connectivity index (χ1n) is 10.3. The minimum absolute atomic E-state index is 0.0248. The molecule has 0 saturated carbocycles. The first-order valence-corrected chi connectivity index (χ1v) is 10.3. The van der Waals surface area contributed by atoms with E-state index in [2.05, 4.69) is 21.9 Å². The lowest BCUT2D eigenvalue weighted by Gasteiger charge is -2.32. The number of amides is 1. The molecule has 1 aliphatic rings. The Balaban J connectivity index is 1.49. The van der Waals surface area contributed by atoms with E-state index >= 15 is 0 Å². The molecule has 2 aromatic carbocycles. The van der Waals surface area contributed by atoms with E-state index in [1.807, 2.05) is 59.5 Å². The predicted octanol–water partition coefficient (Wildman–Crippen LogP) is 4.11. The molecule has 3 aromatic rings. The molecular weight excluding hydrogens is 390 g/mol. The van der Waals surface area contributed by atoms with Crippen LogP contribution in [0.2, 0.25) is 0 Å². The van der Waals surface area contributed by atoms with Crippen LogP contribution < -0.4 is 15.8 Å². The Hall–Kier alpha value is -3.87. The van der Waals surface area contributed by atoms with Gasteiger partial charge in [-0.05, 0) is 48.7 Å². The monoisotopic (exact) mass is 415 g/mol. The highest BCUT2D eigenvalue weighted by molar-refractivity contribution is 5.87. The SMILES string of the molecule is C=CC(=O)N1CCC(Nc2ncnc(N)c2-c2ccc(Oc3ccccc3)cc2)CC1. The molecule has 7 nitrogen and oxygen atoms in total. The number of likely N-dealkylation sites (tertiary alicyclic amines) is 1. The molecule has 1 saturated heterocycles. The number of rotatable bonds is 6. The lowest BCUT2D eigenvalue weighted by atomic mass is 10.0. The first kappa shape index (κ1) is 20.4. The molecule has 1 fully saturated rings.